The Morgan fingerprint density at radius 1 is 0.935 bits per heavy atom. The zero-order valence-electron chi connectivity index (χ0n) is 18.2. The second-order valence-electron chi connectivity index (χ2n) is 8.44. The number of nitrogens with zero attached hydrogens (tertiary/aromatic N) is 2. The molecule has 0 radical (unpaired) electrons. The molecule has 31 heavy (non-hydrogen) atoms. The smallest absolute Gasteiger partial charge is 0.263 e. The Hall–Kier alpha value is -2.38. The Labute approximate surface area is 184 Å². The van der Waals surface area contributed by atoms with Gasteiger partial charge in [-0.3, -0.25) is 4.79 Å². The number of benzene rings is 2. The van der Waals surface area contributed by atoms with Crippen molar-refractivity contribution < 1.29 is 17.9 Å². The number of carbonyl (C=O) groups is 1. The first kappa shape index (κ1) is 21.8. The van der Waals surface area contributed by atoms with E-state index in [2.05, 4.69) is 12.1 Å². The largest absolute Gasteiger partial charge is 0.481 e. The van der Waals surface area contributed by atoms with Gasteiger partial charge in [0.2, 0.25) is 10.0 Å². The minimum absolute atomic E-state index is 0.106. The first-order valence-electron chi connectivity index (χ1n) is 11.0. The van der Waals surface area contributed by atoms with Crippen LogP contribution in [0.3, 0.4) is 0 Å². The maximum absolute atomic E-state index is 12.9. The van der Waals surface area contributed by atoms with E-state index in [0.29, 0.717) is 18.0 Å². The molecule has 1 atom stereocenters. The highest BCUT2D eigenvalue weighted by Gasteiger charge is 2.32. The number of carbonyl (C=O) groups excluding carboxylic acids is 1. The summed E-state index contributed by atoms with van der Waals surface area (Å²) in [5.41, 5.74) is 3.71. The quantitative estimate of drug-likeness (QED) is 0.713. The number of sulfonamides is 1. The molecule has 1 amide bonds. The highest BCUT2D eigenvalue weighted by atomic mass is 32.2. The van der Waals surface area contributed by atoms with Crippen LogP contribution in [0.15, 0.2) is 47.4 Å². The molecule has 7 heteroatoms. The maximum Gasteiger partial charge on any atom is 0.263 e. The zero-order valence-corrected chi connectivity index (χ0v) is 19.0. The van der Waals surface area contributed by atoms with Crippen molar-refractivity contribution in [1.82, 2.24) is 9.21 Å². The molecule has 1 aliphatic heterocycles. The van der Waals surface area contributed by atoms with Gasteiger partial charge in [-0.2, -0.15) is 4.31 Å². The summed E-state index contributed by atoms with van der Waals surface area (Å²) < 4.78 is 33.1. The van der Waals surface area contributed by atoms with Gasteiger partial charge in [-0.25, -0.2) is 8.42 Å². The van der Waals surface area contributed by atoms with Gasteiger partial charge in [0.25, 0.3) is 5.91 Å². The van der Waals surface area contributed by atoms with Gasteiger partial charge in [0.15, 0.2) is 6.10 Å². The van der Waals surface area contributed by atoms with Crippen molar-refractivity contribution in [2.75, 3.05) is 26.2 Å². The SMILES string of the molecule is Cc1ccc(S(=O)(=O)N2CCN(C(=O)[C@@H](C)Oc3ccc4c(c3)CCCC4)CC2)cc1. The van der Waals surface area contributed by atoms with Crippen LogP contribution in [0.5, 0.6) is 5.75 Å². The third kappa shape index (κ3) is 4.77. The molecule has 1 heterocycles. The molecule has 1 fully saturated rings. The predicted octanol–water partition coefficient (Wildman–Crippen LogP) is 3.17. The molecule has 0 N–H and O–H groups in total. The first-order valence-corrected chi connectivity index (χ1v) is 12.4. The van der Waals surface area contributed by atoms with Gasteiger partial charge in [-0.05, 0) is 74.9 Å². The van der Waals surface area contributed by atoms with Crippen LogP contribution < -0.4 is 4.74 Å². The molecule has 2 aromatic rings. The second-order valence-corrected chi connectivity index (χ2v) is 10.4. The third-order valence-corrected chi connectivity index (χ3v) is 8.10. The summed E-state index contributed by atoms with van der Waals surface area (Å²) in [6.07, 6.45) is 3.99. The molecule has 1 saturated heterocycles. The van der Waals surface area contributed by atoms with Crippen molar-refractivity contribution in [3.63, 3.8) is 0 Å². The van der Waals surface area contributed by atoms with E-state index in [9.17, 15) is 13.2 Å². The van der Waals surface area contributed by atoms with Crippen LogP contribution in [0.25, 0.3) is 0 Å². The number of hydrogen-bond acceptors (Lipinski definition) is 4. The van der Waals surface area contributed by atoms with Gasteiger partial charge < -0.3 is 9.64 Å². The number of ether oxygens (including phenoxy) is 1. The summed E-state index contributed by atoms with van der Waals surface area (Å²) in [5, 5.41) is 0. The predicted molar refractivity (Wildman–Crippen MR) is 120 cm³/mol. The van der Waals surface area contributed by atoms with Gasteiger partial charge in [0, 0.05) is 26.2 Å². The van der Waals surface area contributed by atoms with E-state index in [1.807, 2.05) is 13.0 Å². The first-order chi connectivity index (χ1) is 14.8. The summed E-state index contributed by atoms with van der Waals surface area (Å²) in [5.74, 6) is 0.618. The molecular formula is C24H30N2O4S. The van der Waals surface area contributed by atoms with Crippen molar-refractivity contribution >= 4 is 15.9 Å². The number of rotatable bonds is 5. The number of hydrogen-bond donors (Lipinski definition) is 0. The number of piperazine rings is 1. The lowest BCUT2D eigenvalue weighted by molar-refractivity contribution is -0.139. The van der Waals surface area contributed by atoms with E-state index in [1.165, 1.54) is 28.3 Å². The average molecular weight is 443 g/mol. The second kappa shape index (κ2) is 9.01. The van der Waals surface area contributed by atoms with Crippen molar-refractivity contribution in [2.45, 2.75) is 50.5 Å². The standard InChI is InChI=1S/C24H30N2O4S/c1-18-7-11-23(12-8-18)31(28,29)26-15-13-25(14-16-26)24(27)19(2)30-22-10-9-20-5-3-4-6-21(20)17-22/h7-12,17,19H,3-6,13-16H2,1-2H3/t19-/m1/s1. The Morgan fingerprint density at radius 2 is 1.58 bits per heavy atom. The van der Waals surface area contributed by atoms with Gasteiger partial charge >= 0.3 is 0 Å². The van der Waals surface area contributed by atoms with E-state index in [-0.39, 0.29) is 19.0 Å². The van der Waals surface area contributed by atoms with Crippen LogP contribution >= 0.6 is 0 Å². The molecule has 166 valence electrons. The lowest BCUT2D eigenvalue weighted by atomic mass is 9.92. The topological polar surface area (TPSA) is 66.9 Å². The maximum atomic E-state index is 12.9. The number of amides is 1. The van der Waals surface area contributed by atoms with Crippen LogP contribution in [0, 0.1) is 6.92 Å². The van der Waals surface area contributed by atoms with E-state index < -0.39 is 16.1 Å². The fourth-order valence-electron chi connectivity index (χ4n) is 4.30. The van der Waals surface area contributed by atoms with Crippen molar-refractivity contribution in [3.05, 3.63) is 59.2 Å². The lowest BCUT2D eigenvalue weighted by Gasteiger charge is -2.35. The fraction of sp³-hybridized carbons (Fsp3) is 0.458. The van der Waals surface area contributed by atoms with Crippen LogP contribution in [0.4, 0.5) is 0 Å². The normalized spacial score (nSPS) is 18.3. The molecule has 0 spiro atoms. The molecule has 0 bridgehead atoms. The van der Waals surface area contributed by atoms with Crippen LogP contribution in [-0.4, -0.2) is 55.8 Å². The summed E-state index contributed by atoms with van der Waals surface area (Å²) >= 11 is 0. The molecule has 0 saturated carbocycles. The monoisotopic (exact) mass is 442 g/mol. The summed E-state index contributed by atoms with van der Waals surface area (Å²) in [6.45, 7) is 4.98. The molecule has 1 aliphatic carbocycles. The summed E-state index contributed by atoms with van der Waals surface area (Å²) in [4.78, 5) is 14.9. The minimum atomic E-state index is -3.54. The van der Waals surface area contributed by atoms with E-state index in [1.54, 1.807) is 36.1 Å². The zero-order chi connectivity index (χ0) is 22.0. The van der Waals surface area contributed by atoms with E-state index >= 15 is 0 Å². The minimum Gasteiger partial charge on any atom is -0.481 e. The summed E-state index contributed by atoms with van der Waals surface area (Å²) in [7, 11) is -3.54. The molecule has 6 nitrogen and oxygen atoms in total. The van der Waals surface area contributed by atoms with Crippen LogP contribution in [0.1, 0.15) is 36.5 Å². The van der Waals surface area contributed by atoms with Crippen LogP contribution in [-0.2, 0) is 27.7 Å². The highest BCUT2D eigenvalue weighted by Crippen LogP contribution is 2.26. The molecule has 0 aromatic heterocycles. The lowest BCUT2D eigenvalue weighted by Crippen LogP contribution is -2.53. The van der Waals surface area contributed by atoms with E-state index in [4.69, 9.17) is 4.74 Å². The van der Waals surface area contributed by atoms with Gasteiger partial charge in [-0.15, -0.1) is 0 Å². The summed E-state index contributed by atoms with van der Waals surface area (Å²) in [6, 6.07) is 13.0. The Bertz CT molecular complexity index is 1040. The fourth-order valence-corrected chi connectivity index (χ4v) is 5.73. The van der Waals surface area contributed by atoms with E-state index in [0.717, 1.165) is 24.2 Å². The molecule has 2 aliphatic rings. The van der Waals surface area contributed by atoms with Gasteiger partial charge in [0.05, 0.1) is 4.90 Å². The highest BCUT2D eigenvalue weighted by molar-refractivity contribution is 7.89. The molecule has 0 unspecified atom stereocenters. The van der Waals surface area contributed by atoms with Crippen molar-refractivity contribution in [3.8, 4) is 5.75 Å². The molecule has 2 aromatic carbocycles. The third-order valence-electron chi connectivity index (χ3n) is 6.19. The molecular weight excluding hydrogens is 412 g/mol. The number of aryl methyl sites for hydroxylation is 3. The average Bonchev–Trinajstić information content (AvgIpc) is 2.79. The Balaban J connectivity index is 1.35. The Kier molecular flexibility index (Phi) is 6.34. The van der Waals surface area contributed by atoms with Crippen molar-refractivity contribution in [2.24, 2.45) is 0 Å². The van der Waals surface area contributed by atoms with Gasteiger partial charge in [-0.1, -0.05) is 23.8 Å². The van der Waals surface area contributed by atoms with Gasteiger partial charge in [0.1, 0.15) is 5.75 Å². The Morgan fingerprint density at radius 3 is 2.26 bits per heavy atom. The van der Waals surface area contributed by atoms with Crippen LogP contribution in [0.2, 0.25) is 0 Å². The molecule has 4 rings (SSSR count). The number of fused-ring (bicyclic) bond motifs is 1. The van der Waals surface area contributed by atoms with Crippen molar-refractivity contribution in [1.29, 1.82) is 0 Å².